The van der Waals surface area contributed by atoms with Gasteiger partial charge in [0.2, 0.25) is 11.8 Å². The number of para-hydroxylation sites is 1. The number of ether oxygens (including phenoxy) is 1. The summed E-state index contributed by atoms with van der Waals surface area (Å²) in [6.45, 7) is 5.94. The summed E-state index contributed by atoms with van der Waals surface area (Å²) in [6.07, 6.45) is -5.99. The number of piperidine rings is 1. The second kappa shape index (κ2) is 13.9. The molecule has 0 aliphatic carbocycles. The van der Waals surface area contributed by atoms with Crippen LogP contribution in [0.4, 0.5) is 28.0 Å². The Balaban J connectivity index is 0.00000480. The normalized spacial score (nSPS) is 21.3. The van der Waals surface area contributed by atoms with Crippen LogP contribution in [-0.4, -0.2) is 82.6 Å². The van der Waals surface area contributed by atoms with Crippen molar-refractivity contribution in [3.05, 3.63) is 59.7 Å². The largest absolute Gasteiger partial charge is 0.461 e. The van der Waals surface area contributed by atoms with Crippen molar-refractivity contribution < 1.29 is 38.1 Å². The van der Waals surface area contributed by atoms with Crippen LogP contribution in [-0.2, 0) is 16.0 Å². The summed E-state index contributed by atoms with van der Waals surface area (Å²) < 4.78 is 56.9. The second-order valence-corrected chi connectivity index (χ2v) is 13.4. The lowest BCUT2D eigenvalue weighted by Gasteiger charge is -2.38. The number of carbonyl (C=O) groups is 3. The molecule has 3 aliphatic heterocycles. The third kappa shape index (κ3) is 7.67. The van der Waals surface area contributed by atoms with Crippen LogP contribution in [0, 0.1) is 5.92 Å². The van der Waals surface area contributed by atoms with E-state index in [1.165, 1.54) is 30.0 Å². The van der Waals surface area contributed by atoms with Crippen molar-refractivity contribution in [2.45, 2.75) is 75.2 Å². The van der Waals surface area contributed by atoms with Crippen LogP contribution in [0.5, 0.6) is 5.75 Å². The predicted molar refractivity (Wildman–Crippen MR) is 166 cm³/mol. The van der Waals surface area contributed by atoms with Gasteiger partial charge < -0.3 is 24.8 Å². The molecule has 0 radical (unpaired) electrons. The first-order valence-corrected chi connectivity index (χ1v) is 16.2. The highest BCUT2D eigenvalue weighted by atomic mass is 32.2. The molecule has 2 fully saturated rings. The minimum absolute atomic E-state index is 0. The monoisotopic (exact) mass is 652 g/mol. The van der Waals surface area contributed by atoms with E-state index in [0.29, 0.717) is 51.0 Å². The van der Waals surface area contributed by atoms with E-state index in [-0.39, 0.29) is 37.7 Å². The summed E-state index contributed by atoms with van der Waals surface area (Å²) in [5, 5.41) is 1.72. The smallest absolute Gasteiger partial charge is 0.428 e. The number of alkyl halides is 4. The lowest BCUT2D eigenvalue weighted by Crippen LogP contribution is -2.50. The Bertz CT molecular complexity index is 1400. The number of thioether (sulfide) groups is 1. The first-order chi connectivity index (χ1) is 21.4. The number of fused-ring (bicyclic) bond motifs is 1. The van der Waals surface area contributed by atoms with Gasteiger partial charge in [0.25, 0.3) is 0 Å². The number of amides is 4. The maximum atomic E-state index is 13.6. The van der Waals surface area contributed by atoms with Gasteiger partial charge in [-0.2, -0.15) is 17.6 Å². The molecule has 2 atom stereocenters. The summed E-state index contributed by atoms with van der Waals surface area (Å²) >= 11 is 1.25. The number of nitrogens with one attached hydrogen (secondary N) is 1. The van der Waals surface area contributed by atoms with Crippen molar-refractivity contribution in [3.63, 3.8) is 0 Å². The van der Waals surface area contributed by atoms with Gasteiger partial charge >= 0.3 is 18.6 Å². The molecule has 2 unspecified atom stereocenters. The summed E-state index contributed by atoms with van der Waals surface area (Å²) in [4.78, 5) is 45.2. The highest BCUT2D eigenvalue weighted by Gasteiger charge is 2.45. The highest BCUT2D eigenvalue weighted by molar-refractivity contribution is 8.01. The topological polar surface area (TPSA) is 82.2 Å². The van der Waals surface area contributed by atoms with Crippen molar-refractivity contribution in [1.29, 1.82) is 0 Å². The molecule has 1 N–H and O–H groups in total. The molecule has 13 heteroatoms. The third-order valence-corrected chi connectivity index (χ3v) is 9.97. The number of rotatable bonds is 10. The van der Waals surface area contributed by atoms with Crippen LogP contribution in [0.15, 0.2) is 48.5 Å². The Hall–Kier alpha value is -3.48. The van der Waals surface area contributed by atoms with Gasteiger partial charge in [-0.15, -0.1) is 11.8 Å². The summed E-state index contributed by atoms with van der Waals surface area (Å²) in [5.74, 6) is -0.534. The van der Waals surface area contributed by atoms with E-state index >= 15 is 0 Å². The second-order valence-electron chi connectivity index (χ2n) is 12.1. The average molecular weight is 653 g/mol. The number of nitrogens with zero attached hydrogens (tertiary/aromatic N) is 3. The third-order valence-electron chi connectivity index (χ3n) is 8.49. The maximum Gasteiger partial charge on any atom is 0.461 e. The first-order valence-electron chi connectivity index (χ1n) is 15.3. The van der Waals surface area contributed by atoms with Crippen LogP contribution in [0.2, 0.25) is 0 Å². The molecule has 246 valence electrons. The number of hydrogen-bond acceptors (Lipinski definition) is 5. The van der Waals surface area contributed by atoms with Gasteiger partial charge in [-0.05, 0) is 60.9 Å². The standard InChI is InChI=1S/C32H38F4N4O4S.H2/c1-20(2)10-16-40-28(42)26(45-29(40)22-7-5-8-24(18-22)44-32(35,36)30(33)34)19-27(41)38-14-12-23(13-15-38)39-17-11-21-6-3-4-9-25(21)37-31(39)43;/h3-9,18,20,23,26,29-30H,10-17,19H2,1-2H3,(H,37,43);1H. The molecule has 5 rings (SSSR count). The fourth-order valence-corrected chi connectivity index (χ4v) is 7.45. The summed E-state index contributed by atoms with van der Waals surface area (Å²) in [5.41, 5.74) is 2.36. The Morgan fingerprint density at radius 2 is 1.82 bits per heavy atom. The van der Waals surface area contributed by atoms with Gasteiger partial charge in [-0.1, -0.05) is 44.2 Å². The SMILES string of the molecule is CC(C)CCN1C(=O)C(CC(=O)N2CCC(N3CCc4ccccc4NC3=O)CC2)SC1c1cccc(OC(F)(F)C(F)F)c1.[HH]. The fourth-order valence-electron chi connectivity index (χ4n) is 5.99. The molecule has 8 nitrogen and oxygen atoms in total. The number of hydrogen-bond donors (Lipinski definition) is 1. The molecule has 3 aliphatic rings. The molecular formula is C32H40F4N4O4S. The van der Waals surface area contributed by atoms with Gasteiger partial charge in [0.05, 0.1) is 5.25 Å². The summed E-state index contributed by atoms with van der Waals surface area (Å²) in [6, 6.07) is 13.1. The van der Waals surface area contributed by atoms with E-state index in [4.69, 9.17) is 0 Å². The quantitative estimate of drug-likeness (QED) is 0.292. The molecular weight excluding hydrogens is 612 g/mol. The zero-order chi connectivity index (χ0) is 32.3. The highest BCUT2D eigenvalue weighted by Crippen LogP contribution is 2.45. The number of anilines is 1. The Kier molecular flexibility index (Phi) is 10.1. The lowest BCUT2D eigenvalue weighted by molar-refractivity contribution is -0.253. The zero-order valence-corrected chi connectivity index (χ0v) is 26.1. The number of benzene rings is 2. The van der Waals surface area contributed by atoms with Gasteiger partial charge in [0, 0.05) is 45.8 Å². The lowest BCUT2D eigenvalue weighted by atomic mass is 10.0. The molecule has 3 heterocycles. The summed E-state index contributed by atoms with van der Waals surface area (Å²) in [7, 11) is 0. The molecule has 0 bridgehead atoms. The predicted octanol–water partition coefficient (Wildman–Crippen LogP) is 6.63. The van der Waals surface area contributed by atoms with Crippen molar-refractivity contribution in [2.24, 2.45) is 5.92 Å². The van der Waals surface area contributed by atoms with E-state index in [1.54, 1.807) is 15.9 Å². The Labute approximate surface area is 265 Å². The van der Waals surface area contributed by atoms with E-state index in [9.17, 15) is 31.9 Å². The Morgan fingerprint density at radius 1 is 1.09 bits per heavy atom. The van der Waals surface area contributed by atoms with Crippen LogP contribution in [0.1, 0.15) is 57.5 Å². The fraction of sp³-hybridized carbons (Fsp3) is 0.531. The van der Waals surface area contributed by atoms with Crippen molar-refractivity contribution in [1.82, 2.24) is 14.7 Å². The molecule has 4 amide bonds. The van der Waals surface area contributed by atoms with Gasteiger partial charge in [0.1, 0.15) is 11.1 Å². The molecule has 0 saturated carbocycles. The molecule has 45 heavy (non-hydrogen) atoms. The van der Waals surface area contributed by atoms with E-state index in [2.05, 4.69) is 10.1 Å². The zero-order valence-electron chi connectivity index (χ0n) is 25.3. The maximum absolute atomic E-state index is 13.6. The first kappa shape index (κ1) is 32.9. The minimum Gasteiger partial charge on any atom is -0.428 e. The van der Waals surface area contributed by atoms with Crippen molar-refractivity contribution >= 4 is 35.3 Å². The minimum atomic E-state index is -4.65. The number of likely N-dealkylation sites (tertiary alicyclic amines) is 1. The van der Waals surface area contributed by atoms with E-state index in [0.717, 1.165) is 17.7 Å². The number of halogens is 4. The Morgan fingerprint density at radius 3 is 2.53 bits per heavy atom. The molecule has 0 aromatic heterocycles. The number of urea groups is 1. The molecule has 2 aromatic rings. The average Bonchev–Trinajstić information content (AvgIpc) is 3.20. The van der Waals surface area contributed by atoms with Crippen LogP contribution >= 0.6 is 11.8 Å². The van der Waals surface area contributed by atoms with Gasteiger partial charge in [0.15, 0.2) is 0 Å². The molecule has 2 saturated heterocycles. The van der Waals surface area contributed by atoms with Crippen LogP contribution < -0.4 is 10.1 Å². The van der Waals surface area contributed by atoms with Crippen molar-refractivity contribution in [2.75, 3.05) is 31.5 Å². The molecule has 2 aromatic carbocycles. The van der Waals surface area contributed by atoms with Gasteiger partial charge in [-0.3, -0.25) is 9.59 Å². The van der Waals surface area contributed by atoms with Gasteiger partial charge in [-0.25, -0.2) is 4.79 Å². The molecule has 0 spiro atoms. The number of carbonyl (C=O) groups excluding carboxylic acids is 3. The van der Waals surface area contributed by atoms with E-state index in [1.807, 2.05) is 43.0 Å². The van der Waals surface area contributed by atoms with Crippen LogP contribution in [0.3, 0.4) is 0 Å². The van der Waals surface area contributed by atoms with E-state index < -0.39 is 28.9 Å². The van der Waals surface area contributed by atoms with Crippen molar-refractivity contribution in [3.8, 4) is 5.75 Å². The van der Waals surface area contributed by atoms with Crippen LogP contribution in [0.25, 0.3) is 0 Å².